The van der Waals surface area contributed by atoms with E-state index in [0.717, 1.165) is 0 Å². The largest absolute Gasteiger partial charge is 0.372 e. The van der Waals surface area contributed by atoms with E-state index in [9.17, 15) is 14.7 Å². The van der Waals surface area contributed by atoms with Crippen LogP contribution in [0.2, 0.25) is 0 Å². The molecule has 5 nitrogen and oxygen atoms in total. The predicted molar refractivity (Wildman–Crippen MR) is 94.4 cm³/mol. The summed E-state index contributed by atoms with van der Waals surface area (Å²) in [5.41, 5.74) is 4.65. The van der Waals surface area contributed by atoms with Crippen molar-refractivity contribution in [2.24, 2.45) is 11.7 Å². The molecule has 5 heteroatoms. The number of benzene rings is 2. The fraction of sp³-hybridized carbons (Fsp3) is 0.300. The molecule has 1 fully saturated rings. The van der Waals surface area contributed by atoms with Crippen LogP contribution in [-0.4, -0.2) is 34.9 Å². The molecule has 0 spiro atoms. The first kappa shape index (κ1) is 17.2. The summed E-state index contributed by atoms with van der Waals surface area (Å²) in [6, 6.07) is 17.8. The first-order chi connectivity index (χ1) is 12.0. The summed E-state index contributed by atoms with van der Waals surface area (Å²) in [5, 5.41) is 11.5. The number of amides is 2. The van der Waals surface area contributed by atoms with Gasteiger partial charge >= 0.3 is 0 Å². The number of primary amides is 1. The first-order valence-electron chi connectivity index (χ1n) is 8.45. The summed E-state index contributed by atoms with van der Waals surface area (Å²) in [6.07, 6.45) is 1.37. The number of rotatable bonds is 4. The van der Waals surface area contributed by atoms with Crippen molar-refractivity contribution in [3.05, 3.63) is 71.8 Å². The molecule has 1 aliphatic heterocycles. The fourth-order valence-corrected chi connectivity index (χ4v) is 3.39. The van der Waals surface area contributed by atoms with E-state index in [2.05, 4.69) is 0 Å². The van der Waals surface area contributed by atoms with Crippen LogP contribution in [0.4, 0.5) is 0 Å². The van der Waals surface area contributed by atoms with Gasteiger partial charge in [0.2, 0.25) is 5.91 Å². The van der Waals surface area contributed by atoms with Gasteiger partial charge in [-0.2, -0.15) is 0 Å². The highest BCUT2D eigenvalue weighted by Gasteiger charge is 2.44. The van der Waals surface area contributed by atoms with E-state index in [1.807, 2.05) is 12.1 Å². The molecular weight excluding hydrogens is 316 g/mol. The molecule has 1 aliphatic rings. The van der Waals surface area contributed by atoms with Crippen LogP contribution in [0.5, 0.6) is 0 Å². The zero-order chi connectivity index (χ0) is 17.9. The lowest BCUT2D eigenvalue weighted by molar-refractivity contribution is -0.150. The van der Waals surface area contributed by atoms with Gasteiger partial charge in [-0.3, -0.25) is 9.59 Å². The van der Waals surface area contributed by atoms with Crippen LogP contribution in [0.25, 0.3) is 0 Å². The number of carbonyl (C=O) groups excluding carboxylic acids is 2. The van der Waals surface area contributed by atoms with Crippen LogP contribution in [0, 0.1) is 5.92 Å². The maximum atomic E-state index is 13.3. The van der Waals surface area contributed by atoms with Gasteiger partial charge in [-0.1, -0.05) is 60.7 Å². The van der Waals surface area contributed by atoms with E-state index in [0.29, 0.717) is 30.5 Å². The molecule has 0 bridgehead atoms. The molecule has 0 radical (unpaired) electrons. The third-order valence-electron chi connectivity index (χ3n) is 4.80. The second kappa shape index (κ2) is 7.07. The third-order valence-corrected chi connectivity index (χ3v) is 4.80. The van der Waals surface area contributed by atoms with Gasteiger partial charge in [-0.15, -0.1) is 0 Å². The third kappa shape index (κ3) is 3.28. The molecule has 2 aromatic rings. The Morgan fingerprint density at radius 1 is 1.00 bits per heavy atom. The normalized spacial score (nSPS) is 18.0. The lowest BCUT2D eigenvalue weighted by Gasteiger charge is -2.38. The van der Waals surface area contributed by atoms with Gasteiger partial charge in [-0.05, 0) is 24.0 Å². The molecular formula is C20H22N2O3. The minimum atomic E-state index is -1.79. The van der Waals surface area contributed by atoms with Crippen LogP contribution in [0.1, 0.15) is 24.0 Å². The van der Waals surface area contributed by atoms with Gasteiger partial charge in [0.1, 0.15) is 0 Å². The lowest BCUT2D eigenvalue weighted by atomic mass is 9.84. The van der Waals surface area contributed by atoms with Crippen molar-refractivity contribution in [3.8, 4) is 0 Å². The van der Waals surface area contributed by atoms with Gasteiger partial charge < -0.3 is 15.7 Å². The van der Waals surface area contributed by atoms with Crippen LogP contribution in [-0.2, 0) is 15.2 Å². The molecule has 1 saturated heterocycles. The first-order valence-corrected chi connectivity index (χ1v) is 8.45. The van der Waals surface area contributed by atoms with Gasteiger partial charge in [0, 0.05) is 13.1 Å². The van der Waals surface area contributed by atoms with Crippen molar-refractivity contribution < 1.29 is 14.7 Å². The number of aliphatic hydroxyl groups is 1. The quantitative estimate of drug-likeness (QED) is 0.889. The molecule has 2 amide bonds. The minimum Gasteiger partial charge on any atom is -0.372 e. The topological polar surface area (TPSA) is 83.6 Å². The highest BCUT2D eigenvalue weighted by Crippen LogP contribution is 2.33. The number of carbonyl (C=O) groups is 2. The zero-order valence-electron chi connectivity index (χ0n) is 14.0. The Morgan fingerprint density at radius 3 is 2.00 bits per heavy atom. The van der Waals surface area contributed by atoms with Crippen molar-refractivity contribution >= 4 is 11.8 Å². The molecule has 1 unspecified atom stereocenters. The standard InChI is InChI=1S/C20H22N2O3/c21-18(23)15-8-7-13-22(14-15)19(24)20(25,16-9-3-1-4-10-16)17-11-5-2-6-12-17/h1-6,9-12,15,25H,7-8,13-14H2,(H2,21,23). The molecule has 25 heavy (non-hydrogen) atoms. The second-order valence-electron chi connectivity index (χ2n) is 6.44. The van der Waals surface area contributed by atoms with Crippen LogP contribution in [0.15, 0.2) is 60.7 Å². The highest BCUT2D eigenvalue weighted by molar-refractivity contribution is 5.90. The van der Waals surface area contributed by atoms with Gasteiger partial charge in [0.25, 0.3) is 5.91 Å². The van der Waals surface area contributed by atoms with Gasteiger partial charge in [0.05, 0.1) is 5.92 Å². The SMILES string of the molecule is NC(=O)C1CCCN(C(=O)C(O)(c2ccccc2)c2ccccc2)C1. The smallest absolute Gasteiger partial charge is 0.264 e. The lowest BCUT2D eigenvalue weighted by Crippen LogP contribution is -2.52. The van der Waals surface area contributed by atoms with Crippen LogP contribution >= 0.6 is 0 Å². The van der Waals surface area contributed by atoms with Crippen LogP contribution < -0.4 is 5.73 Å². The molecule has 1 atom stereocenters. The number of hydrogen-bond donors (Lipinski definition) is 2. The summed E-state index contributed by atoms with van der Waals surface area (Å²) in [7, 11) is 0. The minimum absolute atomic E-state index is 0.246. The Bertz CT molecular complexity index is 707. The number of hydrogen-bond acceptors (Lipinski definition) is 3. The molecule has 3 rings (SSSR count). The monoisotopic (exact) mass is 338 g/mol. The van der Waals surface area contributed by atoms with E-state index in [-0.39, 0.29) is 12.5 Å². The Labute approximate surface area is 147 Å². The summed E-state index contributed by atoms with van der Waals surface area (Å²) in [6.45, 7) is 0.751. The number of nitrogens with two attached hydrogens (primary N) is 1. The highest BCUT2D eigenvalue weighted by atomic mass is 16.3. The molecule has 0 aliphatic carbocycles. The average molecular weight is 338 g/mol. The van der Waals surface area contributed by atoms with E-state index < -0.39 is 17.4 Å². The molecule has 3 N–H and O–H groups in total. The Morgan fingerprint density at radius 2 is 1.52 bits per heavy atom. The van der Waals surface area contributed by atoms with E-state index in [1.165, 1.54) is 0 Å². The molecule has 130 valence electrons. The van der Waals surface area contributed by atoms with Crippen molar-refractivity contribution in [2.75, 3.05) is 13.1 Å². The van der Waals surface area contributed by atoms with Crippen molar-refractivity contribution in [3.63, 3.8) is 0 Å². The van der Waals surface area contributed by atoms with Gasteiger partial charge in [0.15, 0.2) is 5.60 Å². The Kier molecular flexibility index (Phi) is 4.86. The molecule has 1 heterocycles. The average Bonchev–Trinajstić information content (AvgIpc) is 2.68. The van der Waals surface area contributed by atoms with E-state index >= 15 is 0 Å². The summed E-state index contributed by atoms with van der Waals surface area (Å²) in [5.74, 6) is -1.19. The summed E-state index contributed by atoms with van der Waals surface area (Å²) in [4.78, 5) is 26.4. The van der Waals surface area contributed by atoms with Crippen molar-refractivity contribution in [1.29, 1.82) is 0 Å². The maximum Gasteiger partial charge on any atom is 0.264 e. The maximum absolute atomic E-state index is 13.3. The van der Waals surface area contributed by atoms with Crippen molar-refractivity contribution in [1.82, 2.24) is 4.90 Å². The number of nitrogens with zero attached hydrogens (tertiary/aromatic N) is 1. The zero-order valence-corrected chi connectivity index (χ0v) is 14.0. The summed E-state index contributed by atoms with van der Waals surface area (Å²) >= 11 is 0. The van der Waals surface area contributed by atoms with E-state index in [1.54, 1.807) is 53.4 Å². The van der Waals surface area contributed by atoms with Crippen LogP contribution in [0.3, 0.4) is 0 Å². The number of piperidine rings is 1. The Hall–Kier alpha value is -2.66. The van der Waals surface area contributed by atoms with E-state index in [4.69, 9.17) is 5.73 Å². The molecule has 2 aromatic carbocycles. The molecule has 0 aromatic heterocycles. The fourth-order valence-electron chi connectivity index (χ4n) is 3.39. The van der Waals surface area contributed by atoms with Gasteiger partial charge in [-0.25, -0.2) is 0 Å². The second-order valence-corrected chi connectivity index (χ2v) is 6.44. The Balaban J connectivity index is 2.00. The number of likely N-dealkylation sites (tertiary alicyclic amines) is 1. The summed E-state index contributed by atoms with van der Waals surface area (Å²) < 4.78 is 0. The van der Waals surface area contributed by atoms with Crippen molar-refractivity contribution in [2.45, 2.75) is 18.4 Å². The predicted octanol–water partition coefficient (Wildman–Crippen LogP) is 1.65. The molecule has 0 saturated carbocycles.